The maximum absolute atomic E-state index is 2.40. The van der Waals surface area contributed by atoms with E-state index in [1.807, 2.05) is 0 Å². The van der Waals surface area contributed by atoms with Gasteiger partial charge >= 0.3 is 0 Å². The number of hydrogen-bond donors (Lipinski definition) is 0. The van der Waals surface area contributed by atoms with E-state index in [0.717, 1.165) is 22.7 Å². The Bertz CT molecular complexity index is 3230. The predicted octanol–water partition coefficient (Wildman–Crippen LogP) is 15.0. The molecule has 1 heterocycles. The third-order valence-corrected chi connectivity index (χ3v) is 11.3. The zero-order valence-electron chi connectivity index (χ0n) is 30.7. The summed E-state index contributed by atoms with van der Waals surface area (Å²) in [5.74, 6) is 0. The van der Waals surface area contributed by atoms with Crippen molar-refractivity contribution in [2.75, 3.05) is 4.90 Å². The monoisotopic (exact) mass is 712 g/mol. The molecule has 0 saturated heterocycles. The van der Waals surface area contributed by atoms with Crippen molar-refractivity contribution >= 4 is 71.2 Å². The second-order valence-corrected chi connectivity index (χ2v) is 14.6. The summed E-state index contributed by atoms with van der Waals surface area (Å²) in [5.41, 5.74) is 11.7. The Labute approximate surface area is 325 Å². The highest BCUT2D eigenvalue weighted by Crippen LogP contribution is 2.41. The van der Waals surface area contributed by atoms with Crippen LogP contribution in [-0.4, -0.2) is 4.57 Å². The number of fused-ring (bicyclic) bond motifs is 8. The van der Waals surface area contributed by atoms with E-state index in [9.17, 15) is 0 Å². The molecule has 11 aromatic rings. The zero-order chi connectivity index (χ0) is 37.0. The van der Waals surface area contributed by atoms with Crippen LogP contribution in [-0.2, 0) is 0 Å². The van der Waals surface area contributed by atoms with Crippen molar-refractivity contribution in [2.24, 2.45) is 0 Å². The molecular formula is C54H36N2. The van der Waals surface area contributed by atoms with Gasteiger partial charge in [-0.25, -0.2) is 0 Å². The Hall–Kier alpha value is -7.42. The molecule has 0 bridgehead atoms. The lowest BCUT2D eigenvalue weighted by molar-refractivity contribution is 1.18. The number of para-hydroxylation sites is 1. The van der Waals surface area contributed by atoms with E-state index in [1.54, 1.807) is 0 Å². The second-order valence-electron chi connectivity index (χ2n) is 14.6. The SMILES string of the molecule is c1ccc(-c2cccc(N(c3ccc(-c4ccc(-n5c6ccccc6c6c7ccccc7ccc65)cc4)cc3)c3ccc4ccc5ccccc5c4c3)c2)cc1. The van der Waals surface area contributed by atoms with Gasteiger partial charge in [-0.15, -0.1) is 0 Å². The van der Waals surface area contributed by atoms with Gasteiger partial charge in [0.05, 0.1) is 11.0 Å². The summed E-state index contributed by atoms with van der Waals surface area (Å²) in [5, 5.41) is 10.1. The van der Waals surface area contributed by atoms with Crippen LogP contribution in [0.4, 0.5) is 17.1 Å². The van der Waals surface area contributed by atoms with Gasteiger partial charge < -0.3 is 9.47 Å². The third-order valence-electron chi connectivity index (χ3n) is 11.3. The van der Waals surface area contributed by atoms with Crippen LogP contribution in [0.25, 0.3) is 82.1 Å². The molecule has 1 aromatic heterocycles. The van der Waals surface area contributed by atoms with Crippen LogP contribution >= 0.6 is 0 Å². The Kier molecular flexibility index (Phi) is 7.53. The number of hydrogen-bond acceptors (Lipinski definition) is 1. The molecule has 0 saturated carbocycles. The zero-order valence-corrected chi connectivity index (χ0v) is 30.7. The Balaban J connectivity index is 0.995. The third kappa shape index (κ3) is 5.34. The molecule has 0 amide bonds. The fourth-order valence-corrected chi connectivity index (χ4v) is 8.65. The minimum atomic E-state index is 1.10. The molecule has 0 N–H and O–H groups in total. The quantitative estimate of drug-likeness (QED) is 0.156. The highest BCUT2D eigenvalue weighted by Gasteiger charge is 2.17. The summed E-state index contributed by atoms with van der Waals surface area (Å²) >= 11 is 0. The highest BCUT2D eigenvalue weighted by molar-refractivity contribution is 6.21. The molecule has 0 spiro atoms. The van der Waals surface area contributed by atoms with Crippen LogP contribution in [0.15, 0.2) is 218 Å². The van der Waals surface area contributed by atoms with Gasteiger partial charge in [-0.05, 0) is 115 Å². The Morgan fingerprint density at radius 2 is 0.821 bits per heavy atom. The Morgan fingerprint density at radius 3 is 1.61 bits per heavy atom. The van der Waals surface area contributed by atoms with Crippen LogP contribution in [0.1, 0.15) is 0 Å². The topological polar surface area (TPSA) is 8.17 Å². The molecule has 0 aliphatic rings. The van der Waals surface area contributed by atoms with E-state index < -0.39 is 0 Å². The van der Waals surface area contributed by atoms with E-state index in [0.29, 0.717) is 0 Å². The smallest absolute Gasteiger partial charge is 0.0547 e. The first kappa shape index (κ1) is 32.0. The molecule has 2 heteroatoms. The molecule has 0 aliphatic carbocycles. The molecule has 0 atom stereocenters. The average molecular weight is 713 g/mol. The van der Waals surface area contributed by atoms with Crippen molar-refractivity contribution in [3.8, 4) is 27.9 Å². The first-order valence-electron chi connectivity index (χ1n) is 19.3. The molecule has 2 nitrogen and oxygen atoms in total. The van der Waals surface area contributed by atoms with Crippen LogP contribution in [0.5, 0.6) is 0 Å². The van der Waals surface area contributed by atoms with Crippen LogP contribution < -0.4 is 4.90 Å². The van der Waals surface area contributed by atoms with E-state index in [4.69, 9.17) is 0 Å². The summed E-state index contributed by atoms with van der Waals surface area (Å²) in [7, 11) is 0. The first-order chi connectivity index (χ1) is 27.8. The lowest BCUT2D eigenvalue weighted by Crippen LogP contribution is -2.10. The minimum absolute atomic E-state index is 1.10. The van der Waals surface area contributed by atoms with Gasteiger partial charge in [-0.2, -0.15) is 0 Å². The van der Waals surface area contributed by atoms with Gasteiger partial charge in [0.25, 0.3) is 0 Å². The maximum atomic E-state index is 2.40. The molecule has 56 heavy (non-hydrogen) atoms. The number of anilines is 3. The van der Waals surface area contributed by atoms with Crippen molar-refractivity contribution in [1.82, 2.24) is 4.57 Å². The minimum Gasteiger partial charge on any atom is -0.310 e. The summed E-state index contributed by atoms with van der Waals surface area (Å²) in [6.45, 7) is 0. The van der Waals surface area contributed by atoms with E-state index >= 15 is 0 Å². The van der Waals surface area contributed by atoms with E-state index in [-0.39, 0.29) is 0 Å². The highest BCUT2D eigenvalue weighted by atomic mass is 15.1. The van der Waals surface area contributed by atoms with Crippen molar-refractivity contribution in [3.63, 3.8) is 0 Å². The predicted molar refractivity (Wildman–Crippen MR) is 239 cm³/mol. The number of nitrogens with zero attached hydrogens (tertiary/aromatic N) is 2. The molecule has 0 aliphatic heterocycles. The van der Waals surface area contributed by atoms with Crippen molar-refractivity contribution in [1.29, 1.82) is 0 Å². The first-order valence-corrected chi connectivity index (χ1v) is 19.3. The van der Waals surface area contributed by atoms with Crippen molar-refractivity contribution < 1.29 is 0 Å². The van der Waals surface area contributed by atoms with Gasteiger partial charge in [-0.1, -0.05) is 158 Å². The molecule has 0 radical (unpaired) electrons. The lowest BCUT2D eigenvalue weighted by Gasteiger charge is -2.27. The fraction of sp³-hybridized carbons (Fsp3) is 0. The van der Waals surface area contributed by atoms with Gasteiger partial charge in [-0.3, -0.25) is 0 Å². The largest absolute Gasteiger partial charge is 0.310 e. The molecule has 0 unspecified atom stereocenters. The van der Waals surface area contributed by atoms with Crippen molar-refractivity contribution in [3.05, 3.63) is 218 Å². The van der Waals surface area contributed by atoms with Gasteiger partial charge in [0, 0.05) is 33.5 Å². The molecule has 262 valence electrons. The number of rotatable bonds is 6. The molecule has 10 aromatic carbocycles. The van der Waals surface area contributed by atoms with E-state index in [1.165, 1.54) is 76.4 Å². The maximum Gasteiger partial charge on any atom is 0.0547 e. The normalized spacial score (nSPS) is 11.6. The van der Waals surface area contributed by atoms with Crippen LogP contribution in [0.3, 0.4) is 0 Å². The standard InChI is InChI=1S/C54H36N2/c1-2-11-37(12-3-1)43-15-10-16-46(35-43)55(47-33-27-42-22-21-40-13-4-6-17-48(40)51(42)36-47)44-29-23-38(24-30-44)39-25-31-45(32-26-39)56-52-20-9-8-19-50(52)54-49-18-7-5-14-41(49)28-34-53(54)56/h1-36H. The summed E-state index contributed by atoms with van der Waals surface area (Å²) in [4.78, 5) is 2.38. The number of aromatic nitrogens is 1. The van der Waals surface area contributed by atoms with E-state index in [2.05, 4.69) is 228 Å². The fourth-order valence-electron chi connectivity index (χ4n) is 8.65. The number of benzene rings is 10. The molecular weight excluding hydrogens is 677 g/mol. The average Bonchev–Trinajstić information content (AvgIpc) is 3.62. The molecule has 0 fully saturated rings. The van der Waals surface area contributed by atoms with Crippen LogP contribution in [0, 0.1) is 0 Å². The van der Waals surface area contributed by atoms with Gasteiger partial charge in [0.1, 0.15) is 0 Å². The summed E-state index contributed by atoms with van der Waals surface area (Å²) < 4.78 is 2.40. The summed E-state index contributed by atoms with van der Waals surface area (Å²) in [6, 6.07) is 79.4. The molecule has 11 rings (SSSR count). The summed E-state index contributed by atoms with van der Waals surface area (Å²) in [6.07, 6.45) is 0. The lowest BCUT2D eigenvalue weighted by atomic mass is 10.00. The second kappa shape index (κ2) is 13.2. The van der Waals surface area contributed by atoms with Gasteiger partial charge in [0.15, 0.2) is 0 Å². The Morgan fingerprint density at radius 1 is 0.286 bits per heavy atom. The van der Waals surface area contributed by atoms with Crippen LogP contribution in [0.2, 0.25) is 0 Å². The van der Waals surface area contributed by atoms with Gasteiger partial charge in [0.2, 0.25) is 0 Å². The van der Waals surface area contributed by atoms with Crippen molar-refractivity contribution in [2.45, 2.75) is 0 Å².